The first-order chi connectivity index (χ1) is 12.9. The Morgan fingerprint density at radius 2 is 1.89 bits per heavy atom. The predicted molar refractivity (Wildman–Crippen MR) is 105 cm³/mol. The molecule has 0 radical (unpaired) electrons. The van der Waals surface area contributed by atoms with E-state index in [2.05, 4.69) is 53.6 Å². The highest BCUT2D eigenvalue weighted by molar-refractivity contribution is 6.00. The topological polar surface area (TPSA) is 67.9 Å². The molecule has 3 amide bonds. The van der Waals surface area contributed by atoms with Crippen molar-refractivity contribution >= 4 is 11.9 Å². The lowest BCUT2D eigenvalue weighted by Gasteiger charge is -2.40. The number of nitrogens with zero attached hydrogens (tertiary/aromatic N) is 3. The Kier molecular flexibility index (Phi) is 6.14. The first-order valence-corrected chi connectivity index (χ1v) is 9.67. The van der Waals surface area contributed by atoms with E-state index in [4.69, 9.17) is 0 Å². The molecule has 0 aliphatic carbocycles. The lowest BCUT2D eigenvalue weighted by atomic mass is 10.1. The molecule has 1 aromatic carbocycles. The van der Waals surface area contributed by atoms with E-state index in [1.165, 1.54) is 10.5 Å². The fourth-order valence-corrected chi connectivity index (χ4v) is 3.99. The van der Waals surface area contributed by atoms with Crippen molar-refractivity contribution in [3.63, 3.8) is 0 Å². The van der Waals surface area contributed by atoms with Crippen LogP contribution in [0.5, 0.6) is 0 Å². The van der Waals surface area contributed by atoms with Gasteiger partial charge in [-0.15, -0.1) is 0 Å². The Hall–Kier alpha value is -1.96. The maximum Gasteiger partial charge on any atom is 0.327 e. The van der Waals surface area contributed by atoms with Crippen LogP contribution in [0.3, 0.4) is 0 Å². The average molecular weight is 374 g/mol. The van der Waals surface area contributed by atoms with E-state index in [9.17, 15) is 9.59 Å². The summed E-state index contributed by atoms with van der Waals surface area (Å²) in [5.41, 5.74) is 1.33. The Morgan fingerprint density at radius 1 is 1.19 bits per heavy atom. The second-order valence-corrected chi connectivity index (χ2v) is 7.92. The molecule has 2 fully saturated rings. The van der Waals surface area contributed by atoms with Gasteiger partial charge in [0.25, 0.3) is 5.91 Å². The third-order valence-corrected chi connectivity index (χ3v) is 5.53. The van der Waals surface area contributed by atoms with Gasteiger partial charge in [-0.1, -0.05) is 37.3 Å². The smallest absolute Gasteiger partial charge is 0.314 e. The minimum atomic E-state index is -0.304. The van der Waals surface area contributed by atoms with Gasteiger partial charge in [0.15, 0.2) is 0 Å². The number of likely N-dealkylation sites (N-methyl/N-ethyl adjacent to an activating group) is 2. The molecule has 3 rings (SSSR count). The van der Waals surface area contributed by atoms with Gasteiger partial charge < -0.3 is 10.2 Å². The van der Waals surface area contributed by atoms with Crippen LogP contribution in [0.2, 0.25) is 0 Å². The number of carbonyl (C=O) groups is 2. The molecule has 4 unspecified atom stereocenters. The third-order valence-electron chi connectivity index (χ3n) is 5.53. The molecule has 7 nitrogen and oxygen atoms in total. The van der Waals surface area contributed by atoms with Gasteiger partial charge in [0.05, 0.1) is 6.67 Å². The average Bonchev–Trinajstić information content (AvgIpc) is 3.07. The molecule has 0 bridgehead atoms. The number of carbonyl (C=O) groups excluding carboxylic acids is 2. The normalized spacial score (nSPS) is 25.6. The molecule has 0 spiro atoms. The standard InChI is InChI=1S/C20H31N5O2/c1-14(11-21-15(2)10-16-8-6-5-7-9-16)12-25-13-22-18-17(25)19(26)24(4)20(27)23(18)3/h5-9,14-15,17-18,21-22H,10-13H2,1-4H3. The Bertz CT molecular complexity index is 668. The zero-order chi connectivity index (χ0) is 19.6. The quantitative estimate of drug-likeness (QED) is 0.744. The van der Waals surface area contributed by atoms with Crippen LogP contribution < -0.4 is 10.6 Å². The fourth-order valence-electron chi connectivity index (χ4n) is 3.99. The van der Waals surface area contributed by atoms with E-state index in [1.54, 1.807) is 19.0 Å². The summed E-state index contributed by atoms with van der Waals surface area (Å²) in [6.07, 6.45) is 0.762. The molecular weight excluding hydrogens is 342 g/mol. The monoisotopic (exact) mass is 373 g/mol. The molecule has 0 aromatic heterocycles. The van der Waals surface area contributed by atoms with Crippen LogP contribution in [-0.2, 0) is 11.2 Å². The molecule has 2 aliphatic rings. The van der Waals surface area contributed by atoms with Gasteiger partial charge in [-0.3, -0.25) is 19.9 Å². The highest BCUT2D eigenvalue weighted by Crippen LogP contribution is 2.23. The van der Waals surface area contributed by atoms with Crippen molar-refractivity contribution < 1.29 is 9.59 Å². The first kappa shape index (κ1) is 19.8. The zero-order valence-corrected chi connectivity index (χ0v) is 16.7. The summed E-state index contributed by atoms with van der Waals surface area (Å²) in [7, 11) is 3.31. The lowest BCUT2D eigenvalue weighted by molar-refractivity contribution is -0.136. The molecule has 4 atom stereocenters. The van der Waals surface area contributed by atoms with Gasteiger partial charge in [0.2, 0.25) is 0 Å². The number of hydrogen-bond donors (Lipinski definition) is 2. The number of rotatable bonds is 7. The van der Waals surface area contributed by atoms with Gasteiger partial charge >= 0.3 is 6.03 Å². The second kappa shape index (κ2) is 8.37. The fraction of sp³-hybridized carbons (Fsp3) is 0.600. The summed E-state index contributed by atoms with van der Waals surface area (Å²) in [5.74, 6) is 0.274. The van der Waals surface area contributed by atoms with Crippen LogP contribution >= 0.6 is 0 Å². The van der Waals surface area contributed by atoms with Gasteiger partial charge in [-0.05, 0) is 31.4 Å². The maximum atomic E-state index is 12.6. The highest BCUT2D eigenvalue weighted by Gasteiger charge is 2.49. The van der Waals surface area contributed by atoms with Crippen molar-refractivity contribution in [2.24, 2.45) is 5.92 Å². The number of fused-ring (bicyclic) bond motifs is 1. The van der Waals surface area contributed by atoms with E-state index in [0.717, 1.165) is 19.5 Å². The van der Waals surface area contributed by atoms with E-state index < -0.39 is 0 Å². The number of imide groups is 1. The van der Waals surface area contributed by atoms with E-state index in [0.29, 0.717) is 18.6 Å². The number of nitrogens with one attached hydrogen (secondary N) is 2. The minimum absolute atomic E-state index is 0.120. The molecule has 27 heavy (non-hydrogen) atoms. The largest absolute Gasteiger partial charge is 0.327 e. The van der Waals surface area contributed by atoms with Crippen LogP contribution in [0, 0.1) is 5.92 Å². The van der Waals surface area contributed by atoms with Crippen LogP contribution in [0.4, 0.5) is 4.79 Å². The SMILES string of the molecule is CC(CNC(C)Cc1ccccc1)CN1CNC2C1C(=O)N(C)C(=O)N2C. The molecule has 1 aromatic rings. The molecule has 2 heterocycles. The van der Waals surface area contributed by atoms with Gasteiger partial charge in [0, 0.05) is 26.7 Å². The summed E-state index contributed by atoms with van der Waals surface area (Å²) in [6, 6.07) is 10.3. The second-order valence-electron chi connectivity index (χ2n) is 7.92. The summed E-state index contributed by atoms with van der Waals surface area (Å²) < 4.78 is 0. The highest BCUT2D eigenvalue weighted by atomic mass is 16.2. The summed E-state index contributed by atoms with van der Waals surface area (Å²) in [4.78, 5) is 29.7. The van der Waals surface area contributed by atoms with Crippen molar-refractivity contribution in [3.05, 3.63) is 35.9 Å². The first-order valence-electron chi connectivity index (χ1n) is 9.67. The van der Waals surface area contributed by atoms with Crippen molar-refractivity contribution in [2.75, 3.05) is 33.9 Å². The Morgan fingerprint density at radius 3 is 2.59 bits per heavy atom. The van der Waals surface area contributed by atoms with Crippen LogP contribution in [-0.4, -0.2) is 78.7 Å². The molecule has 2 aliphatic heterocycles. The Balaban J connectivity index is 1.50. The van der Waals surface area contributed by atoms with Crippen molar-refractivity contribution in [2.45, 2.75) is 38.5 Å². The van der Waals surface area contributed by atoms with E-state index in [-0.39, 0.29) is 24.1 Å². The molecule has 0 saturated carbocycles. The summed E-state index contributed by atoms with van der Waals surface area (Å²) >= 11 is 0. The molecule has 2 saturated heterocycles. The van der Waals surface area contributed by atoms with Gasteiger partial charge in [-0.25, -0.2) is 4.79 Å². The number of urea groups is 1. The van der Waals surface area contributed by atoms with Gasteiger partial charge in [-0.2, -0.15) is 0 Å². The van der Waals surface area contributed by atoms with Gasteiger partial charge in [0.1, 0.15) is 12.2 Å². The van der Waals surface area contributed by atoms with Crippen molar-refractivity contribution in [3.8, 4) is 0 Å². The Labute approximate surface area is 161 Å². The van der Waals surface area contributed by atoms with Crippen molar-refractivity contribution in [1.82, 2.24) is 25.3 Å². The minimum Gasteiger partial charge on any atom is -0.314 e. The number of amides is 3. The van der Waals surface area contributed by atoms with Crippen molar-refractivity contribution in [1.29, 1.82) is 0 Å². The number of benzene rings is 1. The molecule has 148 valence electrons. The third kappa shape index (κ3) is 4.31. The molecule has 7 heteroatoms. The summed E-state index contributed by atoms with van der Waals surface area (Å²) in [5, 5.41) is 6.91. The predicted octanol–water partition coefficient (Wildman–Crippen LogP) is 0.925. The molecule has 2 N–H and O–H groups in total. The summed E-state index contributed by atoms with van der Waals surface area (Å²) in [6.45, 7) is 6.72. The van der Waals surface area contributed by atoms with Crippen LogP contribution in [0.15, 0.2) is 30.3 Å². The maximum absolute atomic E-state index is 12.6. The number of hydrogen-bond acceptors (Lipinski definition) is 5. The zero-order valence-electron chi connectivity index (χ0n) is 16.7. The van der Waals surface area contributed by atoms with Crippen LogP contribution in [0.25, 0.3) is 0 Å². The van der Waals surface area contributed by atoms with E-state index in [1.807, 2.05) is 6.07 Å². The molecular formula is C20H31N5O2. The van der Waals surface area contributed by atoms with E-state index >= 15 is 0 Å². The van der Waals surface area contributed by atoms with Crippen LogP contribution in [0.1, 0.15) is 19.4 Å². The lowest BCUT2D eigenvalue weighted by Crippen LogP contribution is -2.65.